The minimum Gasteiger partial charge on any atom is -0.321 e. The normalized spacial score (nSPS) is 18.6. The fourth-order valence-electron chi connectivity index (χ4n) is 1.30. The summed E-state index contributed by atoms with van der Waals surface area (Å²) in [4.78, 5) is 11.4. The van der Waals surface area contributed by atoms with Gasteiger partial charge in [0.2, 0.25) is 0 Å². The second-order valence-electron chi connectivity index (χ2n) is 3.64. The van der Waals surface area contributed by atoms with Crippen molar-refractivity contribution >= 4 is 5.78 Å². The van der Waals surface area contributed by atoms with Crippen LogP contribution in [-0.4, -0.2) is 22.0 Å². The van der Waals surface area contributed by atoms with Gasteiger partial charge in [-0.25, -0.2) is 0 Å². The van der Waals surface area contributed by atoms with Crippen LogP contribution in [0.25, 0.3) is 0 Å². The Hall–Kier alpha value is -1.16. The van der Waals surface area contributed by atoms with E-state index in [2.05, 4.69) is 10.2 Å². The summed E-state index contributed by atoms with van der Waals surface area (Å²) in [5.41, 5.74) is 7.01. The molecule has 0 aliphatic heterocycles. The molecule has 0 radical (unpaired) electrons. The van der Waals surface area contributed by atoms with Crippen LogP contribution in [0.1, 0.15) is 41.9 Å². The molecule has 2 rings (SSSR count). The maximum Gasteiger partial charge on any atom is 0.199 e. The van der Waals surface area contributed by atoms with Crippen molar-refractivity contribution in [3.8, 4) is 0 Å². The first-order valence-corrected chi connectivity index (χ1v) is 4.53. The van der Waals surface area contributed by atoms with E-state index in [1.807, 2.05) is 6.07 Å². The van der Waals surface area contributed by atoms with Crippen molar-refractivity contribution in [1.29, 1.82) is 0 Å². The summed E-state index contributed by atoms with van der Waals surface area (Å²) >= 11 is 0. The molecule has 0 saturated heterocycles. The Morgan fingerprint density at radius 2 is 2.46 bits per heavy atom. The van der Waals surface area contributed by atoms with Gasteiger partial charge in [-0.05, 0) is 25.8 Å². The van der Waals surface area contributed by atoms with Gasteiger partial charge in [-0.15, -0.1) is 0 Å². The minimum absolute atomic E-state index is 0.0943. The van der Waals surface area contributed by atoms with Crippen molar-refractivity contribution in [3.05, 3.63) is 17.5 Å². The van der Waals surface area contributed by atoms with E-state index in [9.17, 15) is 4.79 Å². The molecule has 70 valence electrons. The second kappa shape index (κ2) is 2.96. The van der Waals surface area contributed by atoms with E-state index in [0.717, 1.165) is 5.69 Å². The first-order chi connectivity index (χ1) is 6.18. The predicted octanol–water partition coefficient (Wildman–Crippen LogP) is 0.817. The molecule has 1 aliphatic rings. The molecule has 0 spiro atoms. The number of carbonyl (C=O) groups is 1. The quantitative estimate of drug-likeness (QED) is 0.675. The van der Waals surface area contributed by atoms with Gasteiger partial charge in [0.25, 0.3) is 0 Å². The predicted molar refractivity (Wildman–Crippen MR) is 48.5 cm³/mol. The third-order valence-corrected chi connectivity index (χ3v) is 2.28. The number of nitrogens with two attached hydrogens (primary N) is 1. The number of rotatable bonds is 3. The van der Waals surface area contributed by atoms with E-state index in [0.29, 0.717) is 11.6 Å². The fourth-order valence-corrected chi connectivity index (χ4v) is 1.30. The summed E-state index contributed by atoms with van der Waals surface area (Å²) in [6, 6.07) is 1.36. The molecule has 1 aromatic heterocycles. The van der Waals surface area contributed by atoms with E-state index in [1.165, 1.54) is 12.8 Å². The topological polar surface area (TPSA) is 71.8 Å². The lowest BCUT2D eigenvalue weighted by atomic mass is 10.1. The Labute approximate surface area is 76.5 Å². The van der Waals surface area contributed by atoms with E-state index in [4.69, 9.17) is 5.73 Å². The molecular weight excluding hydrogens is 166 g/mol. The lowest BCUT2D eigenvalue weighted by Crippen LogP contribution is -2.26. The van der Waals surface area contributed by atoms with Crippen LogP contribution >= 0.6 is 0 Å². The third-order valence-electron chi connectivity index (χ3n) is 2.28. The lowest BCUT2D eigenvalue weighted by Gasteiger charge is -1.97. The average molecular weight is 179 g/mol. The molecule has 1 unspecified atom stereocenters. The van der Waals surface area contributed by atoms with Crippen LogP contribution < -0.4 is 5.73 Å². The number of nitrogens with one attached hydrogen (secondary N) is 1. The standard InChI is InChI=1S/C9H13N3O/c1-5(10)9(13)8-4-7(11-12-8)6-2-3-6/h4-6H,2-3,10H2,1H3,(H,11,12). The van der Waals surface area contributed by atoms with Crippen LogP contribution in [0.4, 0.5) is 0 Å². The van der Waals surface area contributed by atoms with Crippen molar-refractivity contribution in [2.75, 3.05) is 0 Å². The maximum absolute atomic E-state index is 11.4. The van der Waals surface area contributed by atoms with Crippen molar-refractivity contribution in [1.82, 2.24) is 10.2 Å². The van der Waals surface area contributed by atoms with E-state index in [-0.39, 0.29) is 5.78 Å². The van der Waals surface area contributed by atoms with Gasteiger partial charge in [0, 0.05) is 11.6 Å². The van der Waals surface area contributed by atoms with Gasteiger partial charge in [0.05, 0.1) is 6.04 Å². The fraction of sp³-hybridized carbons (Fsp3) is 0.556. The molecule has 1 fully saturated rings. The Kier molecular flexibility index (Phi) is 1.92. The zero-order valence-corrected chi connectivity index (χ0v) is 7.58. The van der Waals surface area contributed by atoms with Gasteiger partial charge in [-0.3, -0.25) is 9.89 Å². The summed E-state index contributed by atoms with van der Waals surface area (Å²) < 4.78 is 0. The molecule has 1 aromatic rings. The zero-order chi connectivity index (χ0) is 9.42. The smallest absolute Gasteiger partial charge is 0.199 e. The number of H-pyrrole nitrogens is 1. The summed E-state index contributed by atoms with van der Waals surface area (Å²) in [5.74, 6) is 0.505. The number of aromatic nitrogens is 2. The molecule has 1 saturated carbocycles. The number of aromatic amines is 1. The van der Waals surface area contributed by atoms with Gasteiger partial charge < -0.3 is 5.73 Å². The Bertz CT molecular complexity index is 325. The molecule has 0 bridgehead atoms. The molecule has 4 nitrogen and oxygen atoms in total. The number of hydrogen-bond donors (Lipinski definition) is 2. The van der Waals surface area contributed by atoms with E-state index >= 15 is 0 Å². The van der Waals surface area contributed by atoms with Crippen LogP contribution in [0, 0.1) is 0 Å². The highest BCUT2D eigenvalue weighted by atomic mass is 16.1. The molecule has 4 heteroatoms. The lowest BCUT2D eigenvalue weighted by molar-refractivity contribution is 0.0963. The van der Waals surface area contributed by atoms with Gasteiger partial charge >= 0.3 is 0 Å². The zero-order valence-electron chi connectivity index (χ0n) is 7.58. The first-order valence-electron chi connectivity index (χ1n) is 4.53. The Balaban J connectivity index is 2.16. The largest absolute Gasteiger partial charge is 0.321 e. The number of carbonyl (C=O) groups excluding carboxylic acids is 1. The monoisotopic (exact) mass is 179 g/mol. The number of hydrogen-bond acceptors (Lipinski definition) is 3. The van der Waals surface area contributed by atoms with Gasteiger partial charge in [0.15, 0.2) is 5.78 Å². The molecule has 13 heavy (non-hydrogen) atoms. The molecular formula is C9H13N3O. The van der Waals surface area contributed by atoms with Crippen LogP contribution in [-0.2, 0) is 0 Å². The first kappa shape index (κ1) is 8.44. The van der Waals surface area contributed by atoms with E-state index in [1.54, 1.807) is 6.92 Å². The summed E-state index contributed by atoms with van der Waals surface area (Å²) in [7, 11) is 0. The number of Topliss-reactive ketones (excluding diaryl/α,β-unsaturated/α-hetero) is 1. The third kappa shape index (κ3) is 1.62. The maximum atomic E-state index is 11.4. The minimum atomic E-state index is -0.463. The van der Waals surface area contributed by atoms with Crippen LogP contribution in [0.2, 0.25) is 0 Å². The summed E-state index contributed by atoms with van der Waals surface area (Å²) in [5, 5.41) is 6.82. The molecule has 1 heterocycles. The summed E-state index contributed by atoms with van der Waals surface area (Å²) in [6.07, 6.45) is 2.40. The highest BCUT2D eigenvalue weighted by molar-refractivity contribution is 5.98. The van der Waals surface area contributed by atoms with Crippen molar-refractivity contribution in [2.45, 2.75) is 31.7 Å². The highest BCUT2D eigenvalue weighted by Gasteiger charge is 2.26. The van der Waals surface area contributed by atoms with Crippen LogP contribution in [0.3, 0.4) is 0 Å². The van der Waals surface area contributed by atoms with Gasteiger partial charge in [0.1, 0.15) is 5.69 Å². The number of ketones is 1. The van der Waals surface area contributed by atoms with E-state index < -0.39 is 6.04 Å². The molecule has 3 N–H and O–H groups in total. The Morgan fingerprint density at radius 3 is 3.00 bits per heavy atom. The molecule has 0 amide bonds. The molecule has 0 aromatic carbocycles. The van der Waals surface area contributed by atoms with Crippen molar-refractivity contribution < 1.29 is 4.79 Å². The van der Waals surface area contributed by atoms with Gasteiger partial charge in [-0.1, -0.05) is 0 Å². The highest BCUT2D eigenvalue weighted by Crippen LogP contribution is 2.38. The molecule has 1 atom stereocenters. The number of nitrogens with zero attached hydrogens (tertiary/aromatic N) is 1. The average Bonchev–Trinajstić information content (AvgIpc) is 2.83. The second-order valence-corrected chi connectivity index (χ2v) is 3.64. The Morgan fingerprint density at radius 1 is 1.77 bits per heavy atom. The van der Waals surface area contributed by atoms with Crippen molar-refractivity contribution in [3.63, 3.8) is 0 Å². The van der Waals surface area contributed by atoms with Crippen molar-refractivity contribution in [2.24, 2.45) is 5.73 Å². The molecule has 1 aliphatic carbocycles. The SMILES string of the molecule is CC(N)C(=O)c1cc(C2CC2)[nH]n1. The summed E-state index contributed by atoms with van der Waals surface area (Å²) in [6.45, 7) is 1.67. The van der Waals surface area contributed by atoms with Gasteiger partial charge in [-0.2, -0.15) is 5.10 Å². The van der Waals surface area contributed by atoms with Crippen LogP contribution in [0.15, 0.2) is 6.07 Å². The van der Waals surface area contributed by atoms with Crippen LogP contribution in [0.5, 0.6) is 0 Å².